The maximum absolute atomic E-state index is 12.2. The van der Waals surface area contributed by atoms with Crippen LogP contribution in [0.4, 0.5) is 4.79 Å². The summed E-state index contributed by atoms with van der Waals surface area (Å²) in [6, 6.07) is 1.73. The van der Waals surface area contributed by atoms with Gasteiger partial charge in [-0.1, -0.05) is 6.08 Å². The first-order valence-electron chi connectivity index (χ1n) is 6.93. The second kappa shape index (κ2) is 6.32. The minimum atomic E-state index is -0.525. The Morgan fingerprint density at radius 1 is 1.62 bits per heavy atom. The lowest BCUT2D eigenvalue weighted by Crippen LogP contribution is -2.44. The molecule has 1 unspecified atom stereocenters. The first-order valence-corrected chi connectivity index (χ1v) is 6.93. The van der Waals surface area contributed by atoms with E-state index in [1.165, 1.54) is 0 Å². The van der Waals surface area contributed by atoms with Gasteiger partial charge in [0.05, 0.1) is 25.5 Å². The number of ether oxygens (including phenoxy) is 1. The molecule has 0 saturated carbocycles. The van der Waals surface area contributed by atoms with Crippen LogP contribution in [0.3, 0.4) is 0 Å². The van der Waals surface area contributed by atoms with Gasteiger partial charge in [0.15, 0.2) is 0 Å². The van der Waals surface area contributed by atoms with Gasteiger partial charge in [0.25, 0.3) is 0 Å². The fraction of sp³-hybridized carbons (Fsp3) is 0.533. The number of nitrogens with one attached hydrogen (secondary N) is 1. The van der Waals surface area contributed by atoms with Crippen molar-refractivity contribution in [3.63, 3.8) is 0 Å². The van der Waals surface area contributed by atoms with E-state index < -0.39 is 5.60 Å². The van der Waals surface area contributed by atoms with E-state index in [1.807, 2.05) is 26.8 Å². The second-order valence-electron chi connectivity index (χ2n) is 5.93. The molecule has 2 heterocycles. The molecule has 0 fully saturated rings. The third kappa shape index (κ3) is 4.09. The SMILES string of the molecule is C=CCONC1CN(C(=O)OC(C)(C)C)Cc2occc21. The van der Waals surface area contributed by atoms with Gasteiger partial charge in [-0.05, 0) is 26.8 Å². The Morgan fingerprint density at radius 2 is 2.38 bits per heavy atom. The fourth-order valence-corrected chi connectivity index (χ4v) is 2.12. The van der Waals surface area contributed by atoms with Crippen molar-refractivity contribution >= 4 is 6.09 Å². The number of nitrogens with zero attached hydrogens (tertiary/aromatic N) is 1. The molecule has 0 aromatic carbocycles. The van der Waals surface area contributed by atoms with Crippen molar-refractivity contribution in [2.24, 2.45) is 0 Å². The van der Waals surface area contributed by atoms with Crippen LogP contribution in [-0.2, 0) is 16.1 Å². The quantitative estimate of drug-likeness (QED) is 0.525. The van der Waals surface area contributed by atoms with Gasteiger partial charge in [-0.25, -0.2) is 4.79 Å². The van der Waals surface area contributed by atoms with Crippen LogP contribution >= 0.6 is 0 Å². The Bertz CT molecular complexity index is 504. The highest BCUT2D eigenvalue weighted by Crippen LogP contribution is 2.28. The van der Waals surface area contributed by atoms with Crippen molar-refractivity contribution in [1.29, 1.82) is 0 Å². The molecule has 0 bridgehead atoms. The number of hydrogen-bond donors (Lipinski definition) is 1. The van der Waals surface area contributed by atoms with Crippen LogP contribution in [0.25, 0.3) is 0 Å². The molecule has 0 saturated heterocycles. The molecule has 0 aliphatic carbocycles. The highest BCUT2D eigenvalue weighted by atomic mass is 16.6. The molecule has 6 nitrogen and oxygen atoms in total. The number of amides is 1. The summed E-state index contributed by atoms with van der Waals surface area (Å²) in [4.78, 5) is 19.1. The lowest BCUT2D eigenvalue weighted by molar-refractivity contribution is -0.00380. The molecule has 1 amide bonds. The molecule has 1 N–H and O–H groups in total. The van der Waals surface area contributed by atoms with E-state index in [2.05, 4.69) is 12.1 Å². The van der Waals surface area contributed by atoms with E-state index in [1.54, 1.807) is 17.2 Å². The zero-order valence-electron chi connectivity index (χ0n) is 12.7. The Hall–Kier alpha value is -1.79. The summed E-state index contributed by atoms with van der Waals surface area (Å²) in [5.41, 5.74) is 3.41. The van der Waals surface area contributed by atoms with Crippen LogP contribution in [0.1, 0.15) is 38.1 Å². The molecule has 1 aromatic heterocycles. The Balaban J connectivity index is 2.06. The van der Waals surface area contributed by atoms with E-state index in [9.17, 15) is 4.79 Å². The lowest BCUT2D eigenvalue weighted by Gasteiger charge is -2.33. The summed E-state index contributed by atoms with van der Waals surface area (Å²) in [5.74, 6) is 0.742. The van der Waals surface area contributed by atoms with Crippen LogP contribution in [0.15, 0.2) is 29.4 Å². The van der Waals surface area contributed by atoms with Gasteiger partial charge in [0.2, 0.25) is 0 Å². The minimum Gasteiger partial charge on any atom is -0.467 e. The molecule has 1 aliphatic heterocycles. The van der Waals surface area contributed by atoms with Crippen molar-refractivity contribution in [3.05, 3.63) is 36.3 Å². The summed E-state index contributed by atoms with van der Waals surface area (Å²) in [6.45, 7) is 10.4. The first kappa shape index (κ1) is 15.6. The second-order valence-corrected chi connectivity index (χ2v) is 5.93. The standard InChI is InChI=1S/C15H22N2O4/c1-5-7-20-16-12-9-17(14(18)21-15(2,3)4)10-13-11(12)6-8-19-13/h5-6,8,12,16H,1,7,9-10H2,2-4H3. The van der Waals surface area contributed by atoms with Gasteiger partial charge in [0.1, 0.15) is 11.4 Å². The van der Waals surface area contributed by atoms with E-state index in [0.717, 1.165) is 11.3 Å². The Labute approximate surface area is 124 Å². The monoisotopic (exact) mass is 294 g/mol. The van der Waals surface area contributed by atoms with Crippen molar-refractivity contribution < 1.29 is 18.8 Å². The molecule has 1 atom stereocenters. The van der Waals surface area contributed by atoms with Gasteiger partial charge in [0, 0.05) is 12.1 Å². The van der Waals surface area contributed by atoms with Gasteiger partial charge >= 0.3 is 6.09 Å². The molecule has 1 aliphatic rings. The predicted octanol–water partition coefficient (Wildman–Crippen LogP) is 2.78. The normalized spacial score (nSPS) is 18.2. The van der Waals surface area contributed by atoms with Gasteiger partial charge in [-0.2, -0.15) is 5.48 Å². The van der Waals surface area contributed by atoms with E-state index in [-0.39, 0.29) is 12.1 Å². The molecule has 6 heteroatoms. The minimum absolute atomic E-state index is 0.153. The Morgan fingerprint density at radius 3 is 3.05 bits per heavy atom. The predicted molar refractivity (Wildman–Crippen MR) is 77.4 cm³/mol. The summed E-state index contributed by atoms with van der Waals surface area (Å²) < 4.78 is 10.8. The van der Waals surface area contributed by atoms with Crippen molar-refractivity contribution in [2.45, 2.75) is 39.0 Å². The molecule has 0 radical (unpaired) electrons. The maximum Gasteiger partial charge on any atom is 0.410 e. The van der Waals surface area contributed by atoms with Crippen molar-refractivity contribution in [3.8, 4) is 0 Å². The van der Waals surface area contributed by atoms with Crippen LogP contribution < -0.4 is 5.48 Å². The molecule has 116 valence electrons. The number of fused-ring (bicyclic) bond motifs is 1. The van der Waals surface area contributed by atoms with Gasteiger partial charge in [-0.3, -0.25) is 9.74 Å². The number of carbonyl (C=O) groups excluding carboxylic acids is 1. The van der Waals surface area contributed by atoms with Crippen LogP contribution in [0, 0.1) is 0 Å². The summed E-state index contributed by atoms with van der Waals surface area (Å²) in [7, 11) is 0. The third-order valence-electron chi connectivity index (χ3n) is 2.97. The molecular weight excluding hydrogens is 272 g/mol. The molecular formula is C15H22N2O4. The Kier molecular flexibility index (Phi) is 4.69. The average molecular weight is 294 g/mol. The number of hydrogen-bond acceptors (Lipinski definition) is 5. The fourth-order valence-electron chi connectivity index (χ4n) is 2.12. The largest absolute Gasteiger partial charge is 0.467 e. The zero-order valence-corrected chi connectivity index (χ0v) is 12.7. The van der Waals surface area contributed by atoms with Gasteiger partial charge < -0.3 is 9.15 Å². The highest BCUT2D eigenvalue weighted by Gasteiger charge is 2.32. The van der Waals surface area contributed by atoms with Crippen LogP contribution in [0.2, 0.25) is 0 Å². The highest BCUT2D eigenvalue weighted by molar-refractivity contribution is 5.68. The summed E-state index contributed by atoms with van der Waals surface area (Å²) in [6.07, 6.45) is 2.91. The van der Waals surface area contributed by atoms with E-state index >= 15 is 0 Å². The van der Waals surface area contributed by atoms with E-state index in [4.69, 9.17) is 14.0 Å². The third-order valence-corrected chi connectivity index (χ3v) is 2.97. The smallest absolute Gasteiger partial charge is 0.410 e. The van der Waals surface area contributed by atoms with Gasteiger partial charge in [-0.15, -0.1) is 6.58 Å². The average Bonchev–Trinajstić information content (AvgIpc) is 2.85. The number of hydroxylamine groups is 1. The topological polar surface area (TPSA) is 63.9 Å². The summed E-state index contributed by atoms with van der Waals surface area (Å²) in [5, 5.41) is 0. The number of furan rings is 1. The van der Waals surface area contributed by atoms with E-state index in [0.29, 0.717) is 19.7 Å². The molecule has 2 rings (SSSR count). The molecule has 0 spiro atoms. The first-order chi connectivity index (χ1) is 9.90. The van der Waals surface area contributed by atoms with Crippen LogP contribution in [0.5, 0.6) is 0 Å². The molecule has 21 heavy (non-hydrogen) atoms. The van der Waals surface area contributed by atoms with Crippen LogP contribution in [-0.4, -0.2) is 29.7 Å². The molecule has 1 aromatic rings. The number of carbonyl (C=O) groups is 1. The van der Waals surface area contributed by atoms with Crippen molar-refractivity contribution in [2.75, 3.05) is 13.2 Å². The summed E-state index contributed by atoms with van der Waals surface area (Å²) >= 11 is 0. The maximum atomic E-state index is 12.2. The number of rotatable bonds is 4. The zero-order chi connectivity index (χ0) is 15.5. The van der Waals surface area contributed by atoms with Crippen molar-refractivity contribution in [1.82, 2.24) is 10.4 Å². The lowest BCUT2D eigenvalue weighted by atomic mass is 10.0.